The number of likely N-dealkylation sites (N-methyl/N-ethyl adjacent to an activating group) is 1. The maximum Gasteiger partial charge on any atom is 0.303 e. The quantitative estimate of drug-likeness (QED) is 0.785. The van der Waals surface area contributed by atoms with Gasteiger partial charge in [0.25, 0.3) is 0 Å². The van der Waals surface area contributed by atoms with Crippen LogP contribution in [0.2, 0.25) is 0 Å². The van der Waals surface area contributed by atoms with Gasteiger partial charge < -0.3 is 15.1 Å². The predicted molar refractivity (Wildman–Crippen MR) is 103 cm³/mol. The van der Waals surface area contributed by atoms with Gasteiger partial charge in [-0.15, -0.1) is 0 Å². The van der Waals surface area contributed by atoms with Crippen LogP contribution in [0.15, 0.2) is 30.3 Å². The van der Waals surface area contributed by atoms with Gasteiger partial charge in [0.15, 0.2) is 5.78 Å². The lowest BCUT2D eigenvalue weighted by Gasteiger charge is -2.30. The Morgan fingerprint density at radius 1 is 0.963 bits per heavy atom. The molecule has 0 aromatic heterocycles. The van der Waals surface area contributed by atoms with Crippen molar-refractivity contribution in [2.45, 2.75) is 38.6 Å². The molecule has 0 aliphatic heterocycles. The lowest BCUT2D eigenvalue weighted by molar-refractivity contribution is -0.143. The van der Waals surface area contributed by atoms with E-state index in [0.717, 1.165) is 23.8 Å². The Morgan fingerprint density at radius 3 is 2.00 bits per heavy atom. The molecule has 0 spiro atoms. The minimum absolute atomic E-state index is 0.151. The summed E-state index contributed by atoms with van der Waals surface area (Å²) in [6, 6.07) is 11.0. The molecular formula is C21H25NO5. The van der Waals surface area contributed by atoms with Crippen LogP contribution >= 0.6 is 0 Å². The van der Waals surface area contributed by atoms with Gasteiger partial charge in [0.05, 0.1) is 12.8 Å². The molecule has 3 rings (SSSR count). The predicted octanol–water partition coefficient (Wildman–Crippen LogP) is 3.01. The smallest absolute Gasteiger partial charge is 0.303 e. The van der Waals surface area contributed by atoms with Crippen molar-refractivity contribution in [2.24, 2.45) is 0 Å². The van der Waals surface area contributed by atoms with E-state index in [0.29, 0.717) is 6.04 Å². The van der Waals surface area contributed by atoms with Crippen LogP contribution in [-0.2, 0) is 22.4 Å². The molecule has 1 unspecified atom stereocenters. The normalized spacial score (nSPS) is 15.2. The van der Waals surface area contributed by atoms with E-state index in [-0.39, 0.29) is 18.6 Å². The molecule has 0 amide bonds. The van der Waals surface area contributed by atoms with Crippen LogP contribution in [0.25, 0.3) is 10.8 Å². The second-order valence-corrected chi connectivity index (χ2v) is 6.98. The fourth-order valence-corrected chi connectivity index (χ4v) is 3.37. The molecular weight excluding hydrogens is 346 g/mol. The third kappa shape index (κ3) is 5.14. The van der Waals surface area contributed by atoms with Gasteiger partial charge in [0, 0.05) is 11.6 Å². The molecule has 2 aromatic rings. The van der Waals surface area contributed by atoms with Crippen molar-refractivity contribution in [1.82, 2.24) is 4.90 Å². The van der Waals surface area contributed by atoms with E-state index in [4.69, 9.17) is 10.2 Å². The second-order valence-electron chi connectivity index (χ2n) is 6.98. The SMILES string of the molecule is CC(=O)c1ccc2c3c(cccc13)CC(N(C)C)C2.O=C(O)CCC(=O)O. The van der Waals surface area contributed by atoms with Crippen LogP contribution in [0.4, 0.5) is 0 Å². The molecule has 6 heteroatoms. The van der Waals surface area contributed by atoms with E-state index in [1.165, 1.54) is 16.5 Å². The van der Waals surface area contributed by atoms with Crippen molar-refractivity contribution >= 4 is 28.5 Å². The van der Waals surface area contributed by atoms with Gasteiger partial charge in [-0.3, -0.25) is 14.4 Å². The van der Waals surface area contributed by atoms with Crippen LogP contribution < -0.4 is 0 Å². The summed E-state index contributed by atoms with van der Waals surface area (Å²) in [4.78, 5) is 33.3. The van der Waals surface area contributed by atoms with E-state index in [9.17, 15) is 14.4 Å². The van der Waals surface area contributed by atoms with E-state index in [1.54, 1.807) is 6.92 Å². The molecule has 2 aromatic carbocycles. The summed E-state index contributed by atoms with van der Waals surface area (Å²) in [5, 5.41) is 18.2. The first-order valence-corrected chi connectivity index (χ1v) is 8.85. The summed E-state index contributed by atoms with van der Waals surface area (Å²) < 4.78 is 0. The summed E-state index contributed by atoms with van der Waals surface area (Å²) in [5.41, 5.74) is 3.60. The molecule has 27 heavy (non-hydrogen) atoms. The maximum atomic E-state index is 11.8. The number of carbonyl (C=O) groups excluding carboxylic acids is 1. The average Bonchev–Trinajstić information content (AvgIpc) is 2.60. The highest BCUT2D eigenvalue weighted by molar-refractivity contribution is 6.08. The third-order valence-electron chi connectivity index (χ3n) is 4.79. The molecule has 0 saturated carbocycles. The number of carbonyl (C=O) groups is 3. The average molecular weight is 371 g/mol. The minimum atomic E-state index is -1.08. The largest absolute Gasteiger partial charge is 0.481 e. The standard InChI is InChI=1S/C17H19NO.C4H6O4/c1-11(19)15-8-7-13-10-14(18(2)3)9-12-5-4-6-16(15)17(12)13;5-3(6)1-2-4(7)8/h4-8,14H,9-10H2,1-3H3;1-2H2,(H,5,6)(H,7,8). The van der Waals surface area contributed by atoms with E-state index in [1.807, 2.05) is 6.07 Å². The van der Waals surface area contributed by atoms with Crippen LogP contribution in [0.3, 0.4) is 0 Å². The lowest BCUT2D eigenvalue weighted by Crippen LogP contribution is -2.34. The Morgan fingerprint density at radius 2 is 1.52 bits per heavy atom. The first-order valence-electron chi connectivity index (χ1n) is 8.85. The lowest BCUT2D eigenvalue weighted by atomic mass is 9.83. The molecule has 1 aliphatic rings. The molecule has 0 heterocycles. The summed E-state index contributed by atoms with van der Waals surface area (Å²) >= 11 is 0. The van der Waals surface area contributed by atoms with Gasteiger partial charge in [-0.2, -0.15) is 0 Å². The van der Waals surface area contributed by atoms with Crippen molar-refractivity contribution in [3.8, 4) is 0 Å². The van der Waals surface area contributed by atoms with Gasteiger partial charge in [0.2, 0.25) is 0 Å². The summed E-state index contributed by atoms with van der Waals surface area (Å²) in [6.07, 6.45) is 1.54. The Bertz CT molecular complexity index is 846. The van der Waals surface area contributed by atoms with E-state index >= 15 is 0 Å². The number of Topliss-reactive ketones (excluding diaryl/α,β-unsaturated/α-hetero) is 1. The number of nitrogens with zero attached hydrogens (tertiary/aromatic N) is 1. The zero-order valence-corrected chi connectivity index (χ0v) is 15.9. The van der Waals surface area contributed by atoms with E-state index in [2.05, 4.69) is 43.3 Å². The van der Waals surface area contributed by atoms with Gasteiger partial charge >= 0.3 is 11.9 Å². The van der Waals surface area contributed by atoms with Crippen LogP contribution in [0, 0.1) is 0 Å². The molecule has 0 fully saturated rings. The number of hydrogen-bond acceptors (Lipinski definition) is 4. The molecule has 0 radical (unpaired) electrons. The maximum absolute atomic E-state index is 11.8. The fourth-order valence-electron chi connectivity index (χ4n) is 3.37. The van der Waals surface area contributed by atoms with Crippen molar-refractivity contribution in [2.75, 3.05) is 14.1 Å². The summed E-state index contributed by atoms with van der Waals surface area (Å²) in [5.74, 6) is -2.00. The number of ketones is 1. The highest BCUT2D eigenvalue weighted by Crippen LogP contribution is 2.33. The second kappa shape index (κ2) is 8.77. The van der Waals surface area contributed by atoms with Crippen molar-refractivity contribution < 1.29 is 24.6 Å². The number of hydrogen-bond donors (Lipinski definition) is 2. The van der Waals surface area contributed by atoms with Gasteiger partial charge in [0.1, 0.15) is 0 Å². The minimum Gasteiger partial charge on any atom is -0.481 e. The zero-order valence-electron chi connectivity index (χ0n) is 15.9. The van der Waals surface area contributed by atoms with Gasteiger partial charge in [-0.25, -0.2) is 0 Å². The Balaban J connectivity index is 0.000000279. The zero-order chi connectivity index (χ0) is 20.1. The van der Waals surface area contributed by atoms with Crippen molar-refractivity contribution in [3.63, 3.8) is 0 Å². The van der Waals surface area contributed by atoms with Crippen LogP contribution in [0.1, 0.15) is 41.3 Å². The Kier molecular flexibility index (Phi) is 6.69. The fraction of sp³-hybridized carbons (Fsp3) is 0.381. The monoisotopic (exact) mass is 371 g/mol. The first-order chi connectivity index (χ1) is 12.7. The first kappa shape index (κ1) is 20.6. The highest BCUT2D eigenvalue weighted by atomic mass is 16.4. The number of rotatable bonds is 5. The molecule has 1 aliphatic carbocycles. The number of carboxylic acids is 2. The molecule has 6 nitrogen and oxygen atoms in total. The van der Waals surface area contributed by atoms with Crippen molar-refractivity contribution in [1.29, 1.82) is 0 Å². The highest BCUT2D eigenvalue weighted by Gasteiger charge is 2.23. The molecule has 144 valence electrons. The third-order valence-corrected chi connectivity index (χ3v) is 4.79. The summed E-state index contributed by atoms with van der Waals surface area (Å²) in [6.45, 7) is 1.65. The molecule has 0 bridgehead atoms. The van der Waals surface area contributed by atoms with Crippen molar-refractivity contribution in [3.05, 3.63) is 47.0 Å². The summed E-state index contributed by atoms with van der Waals surface area (Å²) in [7, 11) is 4.28. The van der Waals surface area contributed by atoms with Crippen LogP contribution in [-0.4, -0.2) is 53.0 Å². The Hall–Kier alpha value is -2.73. The molecule has 0 saturated heterocycles. The molecule has 2 N–H and O–H groups in total. The molecule has 1 atom stereocenters. The number of carboxylic acid groups (broad SMARTS) is 2. The van der Waals surface area contributed by atoms with Gasteiger partial charge in [-0.05, 0) is 55.8 Å². The number of benzene rings is 2. The van der Waals surface area contributed by atoms with Crippen LogP contribution in [0.5, 0.6) is 0 Å². The Labute approximate surface area is 158 Å². The number of aliphatic carboxylic acids is 2. The van der Waals surface area contributed by atoms with Gasteiger partial charge in [-0.1, -0.05) is 30.3 Å². The van der Waals surface area contributed by atoms with E-state index < -0.39 is 11.9 Å². The topological polar surface area (TPSA) is 94.9 Å².